The van der Waals surface area contributed by atoms with E-state index in [1.807, 2.05) is 0 Å². The van der Waals surface area contributed by atoms with E-state index in [0.29, 0.717) is 6.54 Å². The van der Waals surface area contributed by atoms with E-state index in [2.05, 4.69) is 29.0 Å². The number of allylic oxidation sites excluding steroid dienone is 1. The summed E-state index contributed by atoms with van der Waals surface area (Å²) in [5.74, 6) is 1.06. The molecule has 0 saturated carbocycles. The summed E-state index contributed by atoms with van der Waals surface area (Å²) in [5, 5.41) is 9.03. The van der Waals surface area contributed by atoms with Crippen LogP contribution in [-0.2, 0) is 0 Å². The summed E-state index contributed by atoms with van der Waals surface area (Å²) in [6.07, 6.45) is 23.9. The molecule has 0 bridgehead atoms. The Bertz CT molecular complexity index is 355. The standard InChI is InChI=1S/C22H42N2O.H3N/c1-2-3-4-5-6-7-8-9-10-11-12-13-14-15-16-17-22-23-18-19-24(22)20-21-25;/h16-17,25H,2-15,18-21H2,1H3;1H3. The van der Waals surface area contributed by atoms with E-state index < -0.39 is 0 Å². The van der Waals surface area contributed by atoms with Gasteiger partial charge in [-0.15, -0.1) is 0 Å². The second-order valence-corrected chi connectivity index (χ2v) is 7.38. The zero-order valence-corrected chi connectivity index (χ0v) is 17.4. The summed E-state index contributed by atoms with van der Waals surface area (Å²) in [4.78, 5) is 6.65. The van der Waals surface area contributed by atoms with Crippen LogP contribution < -0.4 is 6.15 Å². The molecule has 4 nitrogen and oxygen atoms in total. The summed E-state index contributed by atoms with van der Waals surface area (Å²) in [7, 11) is 0. The number of aliphatic hydroxyl groups excluding tert-OH is 1. The third-order valence-electron chi connectivity index (χ3n) is 5.08. The molecule has 0 aromatic rings. The molecule has 0 fully saturated rings. The van der Waals surface area contributed by atoms with Gasteiger partial charge in [0.2, 0.25) is 0 Å². The van der Waals surface area contributed by atoms with E-state index >= 15 is 0 Å². The van der Waals surface area contributed by atoms with E-state index in [1.165, 1.54) is 83.5 Å². The van der Waals surface area contributed by atoms with Crippen molar-refractivity contribution in [3.8, 4) is 0 Å². The lowest BCUT2D eigenvalue weighted by Crippen LogP contribution is -2.29. The van der Waals surface area contributed by atoms with Crippen molar-refractivity contribution in [2.45, 2.75) is 96.8 Å². The van der Waals surface area contributed by atoms with Gasteiger partial charge in [0.25, 0.3) is 0 Å². The number of aliphatic hydroxyl groups is 1. The van der Waals surface area contributed by atoms with E-state index in [-0.39, 0.29) is 12.8 Å². The molecule has 0 radical (unpaired) electrons. The van der Waals surface area contributed by atoms with Gasteiger partial charge in [0.1, 0.15) is 5.84 Å². The number of aliphatic imine (C=N–C) groups is 1. The molecule has 0 unspecified atom stereocenters. The summed E-state index contributed by atoms with van der Waals surface area (Å²) in [6, 6.07) is 0. The van der Waals surface area contributed by atoms with Crippen molar-refractivity contribution in [2.24, 2.45) is 4.99 Å². The highest BCUT2D eigenvalue weighted by Crippen LogP contribution is 2.13. The molecule has 4 N–H and O–H groups in total. The largest absolute Gasteiger partial charge is 0.395 e. The highest BCUT2D eigenvalue weighted by atomic mass is 16.3. The Hall–Kier alpha value is -0.870. The molecule has 0 aromatic carbocycles. The predicted molar refractivity (Wildman–Crippen MR) is 115 cm³/mol. The third-order valence-corrected chi connectivity index (χ3v) is 5.08. The summed E-state index contributed by atoms with van der Waals surface area (Å²) < 4.78 is 0. The van der Waals surface area contributed by atoms with Crippen LogP contribution in [0, 0.1) is 0 Å². The molecule has 154 valence electrons. The van der Waals surface area contributed by atoms with Gasteiger partial charge in [0, 0.05) is 13.1 Å². The van der Waals surface area contributed by atoms with E-state index in [4.69, 9.17) is 5.11 Å². The van der Waals surface area contributed by atoms with Gasteiger partial charge in [0.15, 0.2) is 0 Å². The number of unbranched alkanes of at least 4 members (excludes halogenated alkanes) is 13. The molecule has 0 aromatic heterocycles. The molecule has 1 aliphatic rings. The van der Waals surface area contributed by atoms with Gasteiger partial charge in [-0.3, -0.25) is 4.99 Å². The summed E-state index contributed by atoms with van der Waals surface area (Å²) >= 11 is 0. The molecule has 1 rings (SSSR count). The maximum atomic E-state index is 9.03. The third kappa shape index (κ3) is 13.3. The monoisotopic (exact) mass is 367 g/mol. The van der Waals surface area contributed by atoms with Crippen molar-refractivity contribution in [3.63, 3.8) is 0 Å². The molecule has 1 aliphatic heterocycles. The number of rotatable bonds is 17. The first-order valence-electron chi connectivity index (χ1n) is 10.9. The highest BCUT2D eigenvalue weighted by molar-refractivity contribution is 5.94. The molecule has 4 heteroatoms. The van der Waals surface area contributed by atoms with Crippen LogP contribution in [0.5, 0.6) is 0 Å². The van der Waals surface area contributed by atoms with Gasteiger partial charge in [-0.2, -0.15) is 0 Å². The first-order chi connectivity index (χ1) is 12.4. The molecular formula is C22H45N3O. The van der Waals surface area contributed by atoms with Crippen LogP contribution in [0.1, 0.15) is 96.8 Å². The lowest BCUT2D eigenvalue weighted by molar-refractivity contribution is 0.257. The molecule has 1 heterocycles. The van der Waals surface area contributed by atoms with E-state index in [0.717, 1.165) is 25.3 Å². The first kappa shape index (κ1) is 25.1. The summed E-state index contributed by atoms with van der Waals surface area (Å²) in [6.45, 7) is 5.04. The van der Waals surface area contributed by atoms with Gasteiger partial charge >= 0.3 is 0 Å². The van der Waals surface area contributed by atoms with Crippen LogP contribution in [-0.4, -0.2) is 42.1 Å². The second kappa shape index (κ2) is 18.9. The van der Waals surface area contributed by atoms with Crippen LogP contribution >= 0.6 is 0 Å². The molecular weight excluding hydrogens is 322 g/mol. The minimum atomic E-state index is 0. The molecule has 0 aliphatic carbocycles. The van der Waals surface area contributed by atoms with E-state index in [1.54, 1.807) is 0 Å². The Morgan fingerprint density at radius 1 is 0.885 bits per heavy atom. The van der Waals surface area contributed by atoms with Gasteiger partial charge < -0.3 is 16.2 Å². The van der Waals surface area contributed by atoms with Crippen LogP contribution in [0.3, 0.4) is 0 Å². The van der Waals surface area contributed by atoms with Gasteiger partial charge in [0.05, 0.1) is 13.2 Å². The Balaban J connectivity index is 0.00000625. The quantitative estimate of drug-likeness (QED) is 0.315. The SMILES string of the molecule is CCCCCCCCCCCCCCCC=CC1=NCCN1CCO.N. The Labute approximate surface area is 162 Å². The van der Waals surface area contributed by atoms with Gasteiger partial charge in [-0.1, -0.05) is 90.0 Å². The maximum absolute atomic E-state index is 9.03. The normalized spacial score (nSPS) is 14.1. The van der Waals surface area contributed by atoms with Crippen molar-refractivity contribution in [1.82, 2.24) is 11.1 Å². The lowest BCUT2D eigenvalue weighted by atomic mass is 10.0. The van der Waals surface area contributed by atoms with Crippen LogP contribution in [0.15, 0.2) is 17.1 Å². The van der Waals surface area contributed by atoms with Crippen molar-refractivity contribution in [3.05, 3.63) is 12.2 Å². The van der Waals surface area contributed by atoms with Crippen molar-refractivity contribution in [2.75, 3.05) is 26.2 Å². The number of β-amino-alcohol motifs (C(OH)–C–C–N with tert-alkyl or cyclic N) is 1. The fourth-order valence-electron chi connectivity index (χ4n) is 3.47. The fraction of sp³-hybridized carbons (Fsp3) is 0.864. The van der Waals surface area contributed by atoms with Gasteiger partial charge in [-0.05, 0) is 18.9 Å². The Kier molecular flexibility index (Phi) is 18.3. The maximum Gasteiger partial charge on any atom is 0.123 e. The molecule has 26 heavy (non-hydrogen) atoms. The van der Waals surface area contributed by atoms with Crippen LogP contribution in [0.2, 0.25) is 0 Å². The molecule has 0 saturated heterocycles. The highest BCUT2D eigenvalue weighted by Gasteiger charge is 2.12. The predicted octanol–water partition coefficient (Wildman–Crippen LogP) is 5.89. The average Bonchev–Trinajstić information content (AvgIpc) is 3.06. The smallest absolute Gasteiger partial charge is 0.123 e. The molecule has 0 spiro atoms. The lowest BCUT2D eigenvalue weighted by Gasteiger charge is -2.16. The minimum Gasteiger partial charge on any atom is -0.395 e. The number of hydrogen-bond donors (Lipinski definition) is 2. The van der Waals surface area contributed by atoms with E-state index in [9.17, 15) is 0 Å². The molecule has 0 amide bonds. The second-order valence-electron chi connectivity index (χ2n) is 7.38. The molecule has 0 atom stereocenters. The van der Waals surface area contributed by atoms with Crippen LogP contribution in [0.4, 0.5) is 0 Å². The minimum absolute atomic E-state index is 0. The summed E-state index contributed by atoms with van der Waals surface area (Å²) in [5.41, 5.74) is 0. The van der Waals surface area contributed by atoms with Crippen LogP contribution in [0.25, 0.3) is 0 Å². The average molecular weight is 368 g/mol. The number of nitrogens with zero attached hydrogens (tertiary/aromatic N) is 2. The number of hydrogen-bond acceptors (Lipinski definition) is 4. The fourth-order valence-corrected chi connectivity index (χ4v) is 3.47. The first-order valence-corrected chi connectivity index (χ1v) is 10.9. The topological polar surface area (TPSA) is 70.8 Å². The number of amidine groups is 1. The van der Waals surface area contributed by atoms with Crippen molar-refractivity contribution < 1.29 is 5.11 Å². The Morgan fingerprint density at radius 2 is 1.42 bits per heavy atom. The van der Waals surface area contributed by atoms with Crippen molar-refractivity contribution >= 4 is 5.84 Å². The van der Waals surface area contributed by atoms with Gasteiger partial charge in [-0.25, -0.2) is 0 Å². The van der Waals surface area contributed by atoms with Crippen molar-refractivity contribution in [1.29, 1.82) is 0 Å². The Morgan fingerprint density at radius 3 is 1.96 bits per heavy atom. The zero-order valence-electron chi connectivity index (χ0n) is 17.4. The zero-order chi connectivity index (χ0) is 18.0.